The van der Waals surface area contributed by atoms with Crippen LogP contribution in [-0.4, -0.2) is 19.5 Å². The van der Waals surface area contributed by atoms with Crippen molar-refractivity contribution >= 4 is 38.2 Å². The summed E-state index contributed by atoms with van der Waals surface area (Å²) in [7, 11) is 0. The molecule has 2 aromatic heterocycles. The SMILES string of the molecule is C1=CC(c2nc(-c3ccccc3)nc(-c3ccc4c5c6ccccc6ccc5n(-c5ccccc5)c4c3)n2)CC=C1c1cc(-c2ccccc2)cc(-c2cccc(-c3ccccc3)c2)c1. The smallest absolute Gasteiger partial charge is 0.163 e. The Bertz CT molecular complexity index is 3610. The van der Waals surface area contributed by atoms with Gasteiger partial charge in [-0.25, -0.2) is 15.0 Å². The molecule has 1 aliphatic carbocycles. The van der Waals surface area contributed by atoms with Gasteiger partial charge in [-0.1, -0.05) is 188 Å². The third-order valence-electron chi connectivity index (χ3n) is 12.7. The van der Waals surface area contributed by atoms with E-state index in [1.54, 1.807) is 0 Å². The average Bonchev–Trinajstić information content (AvgIpc) is 3.74. The molecule has 0 N–H and O–H groups in total. The summed E-state index contributed by atoms with van der Waals surface area (Å²) in [4.78, 5) is 15.6. The highest BCUT2D eigenvalue weighted by Crippen LogP contribution is 2.40. The zero-order valence-corrected chi connectivity index (χ0v) is 35.6. The fourth-order valence-corrected chi connectivity index (χ4v) is 9.48. The van der Waals surface area contributed by atoms with E-state index in [1.165, 1.54) is 71.6 Å². The predicted molar refractivity (Wildman–Crippen MR) is 270 cm³/mol. The molecule has 0 saturated carbocycles. The van der Waals surface area contributed by atoms with Gasteiger partial charge in [-0.15, -0.1) is 0 Å². The Morgan fingerprint density at radius 2 is 0.954 bits per heavy atom. The summed E-state index contributed by atoms with van der Waals surface area (Å²) in [5.41, 5.74) is 14.8. The van der Waals surface area contributed by atoms with Crippen LogP contribution in [0.25, 0.3) is 100.0 Å². The number of allylic oxidation sites excluding steroid dienone is 4. The van der Waals surface area contributed by atoms with Gasteiger partial charge in [0.25, 0.3) is 0 Å². The zero-order chi connectivity index (χ0) is 43.1. The van der Waals surface area contributed by atoms with Crippen LogP contribution < -0.4 is 0 Å². The molecule has 1 unspecified atom stereocenters. The predicted octanol–water partition coefficient (Wildman–Crippen LogP) is 15.6. The van der Waals surface area contributed by atoms with Crippen molar-refractivity contribution in [2.75, 3.05) is 0 Å². The lowest BCUT2D eigenvalue weighted by atomic mass is 9.88. The summed E-state index contributed by atoms with van der Waals surface area (Å²) in [6.45, 7) is 0. The van der Waals surface area contributed by atoms with E-state index in [2.05, 4.69) is 223 Å². The van der Waals surface area contributed by atoms with Gasteiger partial charge in [0.2, 0.25) is 0 Å². The molecule has 2 heterocycles. The maximum Gasteiger partial charge on any atom is 0.163 e. The van der Waals surface area contributed by atoms with Crippen molar-refractivity contribution in [2.24, 2.45) is 0 Å². The first-order chi connectivity index (χ1) is 32.2. The van der Waals surface area contributed by atoms with Crippen molar-refractivity contribution in [1.82, 2.24) is 19.5 Å². The molecule has 65 heavy (non-hydrogen) atoms. The summed E-state index contributed by atoms with van der Waals surface area (Å²) in [6.07, 6.45) is 7.63. The third kappa shape index (κ3) is 7.21. The fraction of sp³-hybridized carbons (Fsp3) is 0.0328. The monoisotopic (exact) mass is 830 g/mol. The van der Waals surface area contributed by atoms with Crippen LogP contribution >= 0.6 is 0 Å². The Balaban J connectivity index is 0.943. The van der Waals surface area contributed by atoms with E-state index < -0.39 is 0 Å². The normalized spacial score (nSPS) is 13.7. The maximum absolute atomic E-state index is 5.29. The Morgan fingerprint density at radius 1 is 0.385 bits per heavy atom. The molecule has 4 nitrogen and oxygen atoms in total. The number of benzene rings is 9. The number of para-hydroxylation sites is 1. The van der Waals surface area contributed by atoms with Gasteiger partial charge in [0.1, 0.15) is 5.82 Å². The average molecular weight is 831 g/mol. The first-order valence-electron chi connectivity index (χ1n) is 22.3. The number of aromatic nitrogens is 4. The second-order valence-electron chi connectivity index (χ2n) is 16.8. The molecule has 11 aromatic rings. The number of hydrogen-bond acceptors (Lipinski definition) is 3. The van der Waals surface area contributed by atoms with Crippen LogP contribution in [0.3, 0.4) is 0 Å². The van der Waals surface area contributed by atoms with Crippen LogP contribution in [0.5, 0.6) is 0 Å². The molecule has 0 fully saturated rings. The van der Waals surface area contributed by atoms with Crippen LogP contribution in [-0.2, 0) is 0 Å². The van der Waals surface area contributed by atoms with Crippen molar-refractivity contribution < 1.29 is 0 Å². The first kappa shape index (κ1) is 38.2. The van der Waals surface area contributed by atoms with Crippen molar-refractivity contribution in [3.8, 4) is 61.8 Å². The molecule has 0 saturated heterocycles. The Hall–Kier alpha value is -8.47. The number of hydrogen-bond donors (Lipinski definition) is 0. The minimum atomic E-state index is -0.0341. The molecule has 0 spiro atoms. The van der Waals surface area contributed by atoms with Crippen LogP contribution in [0.1, 0.15) is 23.7 Å². The van der Waals surface area contributed by atoms with Gasteiger partial charge >= 0.3 is 0 Å². The highest BCUT2D eigenvalue weighted by Gasteiger charge is 2.22. The van der Waals surface area contributed by atoms with Gasteiger partial charge in [0, 0.05) is 33.5 Å². The number of rotatable bonds is 8. The zero-order valence-electron chi connectivity index (χ0n) is 35.6. The molecule has 0 radical (unpaired) electrons. The van der Waals surface area contributed by atoms with E-state index in [4.69, 9.17) is 15.0 Å². The van der Waals surface area contributed by atoms with Gasteiger partial charge in [0.05, 0.1) is 11.0 Å². The van der Waals surface area contributed by atoms with Gasteiger partial charge < -0.3 is 4.57 Å². The molecule has 1 aliphatic rings. The molecule has 0 amide bonds. The minimum Gasteiger partial charge on any atom is -0.309 e. The first-order valence-corrected chi connectivity index (χ1v) is 22.3. The Kier molecular flexibility index (Phi) is 9.61. The van der Waals surface area contributed by atoms with E-state index in [9.17, 15) is 0 Å². The summed E-state index contributed by atoms with van der Waals surface area (Å²) >= 11 is 0. The van der Waals surface area contributed by atoms with E-state index in [1.807, 2.05) is 18.2 Å². The van der Waals surface area contributed by atoms with Gasteiger partial charge in [-0.05, 0) is 110 Å². The molecule has 4 heteroatoms. The Labute approximate surface area is 378 Å². The lowest BCUT2D eigenvalue weighted by Gasteiger charge is -2.18. The topological polar surface area (TPSA) is 43.6 Å². The van der Waals surface area contributed by atoms with Crippen LogP contribution in [0.2, 0.25) is 0 Å². The van der Waals surface area contributed by atoms with Crippen LogP contribution in [0, 0.1) is 0 Å². The van der Waals surface area contributed by atoms with E-state index in [-0.39, 0.29) is 5.92 Å². The molecule has 0 aliphatic heterocycles. The molecule has 9 aromatic carbocycles. The quantitative estimate of drug-likeness (QED) is 0.153. The highest BCUT2D eigenvalue weighted by molar-refractivity contribution is 6.21. The number of fused-ring (bicyclic) bond motifs is 5. The van der Waals surface area contributed by atoms with E-state index in [0.717, 1.165) is 34.6 Å². The summed E-state index contributed by atoms with van der Waals surface area (Å²) in [6, 6.07) is 77.8. The summed E-state index contributed by atoms with van der Waals surface area (Å²) < 4.78 is 2.37. The third-order valence-corrected chi connectivity index (χ3v) is 12.7. The van der Waals surface area contributed by atoms with Crippen molar-refractivity contribution in [1.29, 1.82) is 0 Å². The molecule has 12 rings (SSSR count). The van der Waals surface area contributed by atoms with Gasteiger partial charge in [-0.3, -0.25) is 0 Å². The maximum atomic E-state index is 5.29. The summed E-state index contributed by atoms with van der Waals surface area (Å²) in [5.74, 6) is 2.05. The van der Waals surface area contributed by atoms with E-state index in [0.29, 0.717) is 11.6 Å². The van der Waals surface area contributed by atoms with Crippen molar-refractivity contribution in [2.45, 2.75) is 12.3 Å². The van der Waals surface area contributed by atoms with Crippen molar-refractivity contribution in [3.05, 3.63) is 248 Å². The van der Waals surface area contributed by atoms with E-state index >= 15 is 0 Å². The molecule has 0 bridgehead atoms. The minimum absolute atomic E-state index is 0.0341. The molecule has 1 atom stereocenters. The molecule has 306 valence electrons. The lowest BCUT2D eigenvalue weighted by Crippen LogP contribution is -2.08. The van der Waals surface area contributed by atoms with Crippen LogP contribution in [0.15, 0.2) is 237 Å². The Morgan fingerprint density at radius 3 is 1.66 bits per heavy atom. The standard InChI is InChI=1S/C61H42N4/c1-5-16-41(17-6-1)47-23-15-24-48(36-47)52-38-50(42-18-7-2-8-19-42)37-51(39-52)43-28-30-46(31-29-43)60-62-59(45-21-9-3-10-22-45)63-61(64-60)49-32-34-55-57(40-49)65(53-25-11-4-12-26-53)56-35-33-44-20-13-14-27-54(44)58(55)56/h1-30,32-40,46H,31H2. The fourth-order valence-electron chi connectivity index (χ4n) is 9.48. The van der Waals surface area contributed by atoms with Crippen molar-refractivity contribution in [3.63, 3.8) is 0 Å². The lowest BCUT2D eigenvalue weighted by molar-refractivity contribution is 0.766. The van der Waals surface area contributed by atoms with Gasteiger partial charge in [-0.2, -0.15) is 0 Å². The molecular formula is C61H42N4. The highest BCUT2D eigenvalue weighted by atomic mass is 15.0. The summed E-state index contributed by atoms with van der Waals surface area (Å²) in [5, 5.41) is 4.90. The molecular weight excluding hydrogens is 789 g/mol. The second-order valence-corrected chi connectivity index (χ2v) is 16.8. The number of nitrogens with zero attached hydrogens (tertiary/aromatic N) is 4. The van der Waals surface area contributed by atoms with Crippen LogP contribution in [0.4, 0.5) is 0 Å². The van der Waals surface area contributed by atoms with Gasteiger partial charge in [0.15, 0.2) is 11.6 Å². The largest absolute Gasteiger partial charge is 0.309 e. The second kappa shape index (κ2) is 16.3.